The third-order valence-corrected chi connectivity index (χ3v) is 2.10. The van der Waals surface area contributed by atoms with Crippen LogP contribution in [0, 0.1) is 0 Å². The van der Waals surface area contributed by atoms with Gasteiger partial charge in [0.05, 0.1) is 13.5 Å². The van der Waals surface area contributed by atoms with Crippen molar-refractivity contribution in [2.75, 3.05) is 14.2 Å². The molecule has 0 heterocycles. The Balaban J connectivity index is 2.65. The minimum atomic E-state index is -0.102. The Morgan fingerprint density at radius 1 is 1.57 bits per heavy atom. The highest BCUT2D eigenvalue weighted by atomic mass is 35.5. The van der Waals surface area contributed by atoms with Gasteiger partial charge in [-0.1, -0.05) is 23.7 Å². The van der Waals surface area contributed by atoms with Gasteiger partial charge < -0.3 is 0 Å². The van der Waals surface area contributed by atoms with Gasteiger partial charge in [-0.05, 0) is 17.7 Å². The molecule has 3 nitrogen and oxygen atoms in total. The number of hydrogen-bond acceptors (Lipinski definition) is 2. The molecule has 76 valence electrons. The number of halogens is 1. The van der Waals surface area contributed by atoms with Crippen LogP contribution in [0.25, 0.3) is 0 Å². The van der Waals surface area contributed by atoms with Crippen molar-refractivity contribution in [3.63, 3.8) is 0 Å². The van der Waals surface area contributed by atoms with Crippen LogP contribution in [0.3, 0.4) is 0 Å². The minimum Gasteiger partial charge on any atom is -0.275 e. The zero-order valence-corrected chi connectivity index (χ0v) is 8.91. The summed E-state index contributed by atoms with van der Waals surface area (Å²) in [4.78, 5) is 16.2. The third-order valence-electron chi connectivity index (χ3n) is 1.87. The predicted octanol–water partition coefficient (Wildman–Crippen LogP) is 1.90. The average Bonchev–Trinajstić information content (AvgIpc) is 2.16. The minimum absolute atomic E-state index is 0.102. The SMILES string of the molecule is CON(C)C(=O)Cc1cccc(Cl)c1. The third kappa shape index (κ3) is 3.01. The molecule has 0 N–H and O–H groups in total. The van der Waals surface area contributed by atoms with E-state index in [-0.39, 0.29) is 5.91 Å². The maximum Gasteiger partial charge on any atom is 0.250 e. The molecule has 1 rings (SSSR count). The summed E-state index contributed by atoms with van der Waals surface area (Å²) in [6.45, 7) is 0. The van der Waals surface area contributed by atoms with Gasteiger partial charge in [-0.2, -0.15) is 0 Å². The molecular formula is C10H12ClNO2. The molecule has 0 unspecified atom stereocenters. The van der Waals surface area contributed by atoms with E-state index in [9.17, 15) is 4.79 Å². The van der Waals surface area contributed by atoms with Gasteiger partial charge in [0, 0.05) is 12.1 Å². The summed E-state index contributed by atoms with van der Waals surface area (Å²) in [7, 11) is 3.03. The number of hydrogen-bond donors (Lipinski definition) is 0. The summed E-state index contributed by atoms with van der Waals surface area (Å²) in [5.41, 5.74) is 0.881. The molecule has 0 atom stereocenters. The van der Waals surface area contributed by atoms with E-state index < -0.39 is 0 Å². The van der Waals surface area contributed by atoms with Gasteiger partial charge >= 0.3 is 0 Å². The van der Waals surface area contributed by atoms with E-state index in [2.05, 4.69) is 0 Å². The molecule has 0 aromatic heterocycles. The van der Waals surface area contributed by atoms with E-state index in [1.807, 2.05) is 12.1 Å². The second-order valence-electron chi connectivity index (χ2n) is 2.88. The Labute approximate surface area is 88.2 Å². The van der Waals surface area contributed by atoms with E-state index in [1.54, 1.807) is 19.2 Å². The molecule has 14 heavy (non-hydrogen) atoms. The molecule has 1 aromatic carbocycles. The first kappa shape index (κ1) is 11.0. The molecule has 0 fully saturated rings. The van der Waals surface area contributed by atoms with E-state index >= 15 is 0 Å². The van der Waals surface area contributed by atoms with Crippen molar-refractivity contribution in [2.24, 2.45) is 0 Å². The fourth-order valence-corrected chi connectivity index (χ4v) is 1.25. The molecule has 1 aromatic rings. The molecule has 0 spiro atoms. The molecule has 0 aliphatic carbocycles. The standard InChI is InChI=1S/C10H12ClNO2/c1-12(14-2)10(13)7-8-4-3-5-9(11)6-8/h3-6H,7H2,1-2H3. The molecule has 0 radical (unpaired) electrons. The van der Waals surface area contributed by atoms with Gasteiger partial charge in [0.2, 0.25) is 5.91 Å². The van der Waals surface area contributed by atoms with Crippen LogP contribution in [-0.4, -0.2) is 25.1 Å². The molecular weight excluding hydrogens is 202 g/mol. The van der Waals surface area contributed by atoms with Crippen LogP contribution in [0.5, 0.6) is 0 Å². The van der Waals surface area contributed by atoms with Crippen LogP contribution in [0.2, 0.25) is 5.02 Å². The molecule has 1 amide bonds. The van der Waals surface area contributed by atoms with Gasteiger partial charge in [0.25, 0.3) is 0 Å². The first-order valence-electron chi connectivity index (χ1n) is 4.18. The van der Waals surface area contributed by atoms with Crippen molar-refractivity contribution in [1.82, 2.24) is 5.06 Å². The number of benzene rings is 1. The van der Waals surface area contributed by atoms with Crippen LogP contribution >= 0.6 is 11.6 Å². The van der Waals surface area contributed by atoms with Crippen LogP contribution < -0.4 is 0 Å². The molecule has 0 bridgehead atoms. The molecule has 0 aliphatic rings. The summed E-state index contributed by atoms with van der Waals surface area (Å²) >= 11 is 5.79. The lowest BCUT2D eigenvalue weighted by atomic mass is 10.1. The molecule has 4 heteroatoms. The fourth-order valence-electron chi connectivity index (χ4n) is 1.03. The Hall–Kier alpha value is -1.06. The van der Waals surface area contributed by atoms with Crippen LogP contribution in [0.4, 0.5) is 0 Å². The van der Waals surface area contributed by atoms with Gasteiger partial charge in [-0.15, -0.1) is 0 Å². The Kier molecular flexibility index (Phi) is 3.92. The summed E-state index contributed by atoms with van der Waals surface area (Å²) in [5.74, 6) is -0.102. The first-order chi connectivity index (χ1) is 6.63. The summed E-state index contributed by atoms with van der Waals surface area (Å²) < 4.78 is 0. The quantitative estimate of drug-likeness (QED) is 0.718. The van der Waals surface area contributed by atoms with Crippen LogP contribution in [0.15, 0.2) is 24.3 Å². The first-order valence-corrected chi connectivity index (χ1v) is 4.56. The number of carbonyl (C=O) groups is 1. The lowest BCUT2D eigenvalue weighted by Crippen LogP contribution is -2.26. The van der Waals surface area contributed by atoms with Crippen molar-refractivity contribution < 1.29 is 9.63 Å². The monoisotopic (exact) mass is 213 g/mol. The number of likely N-dealkylation sites (N-methyl/N-ethyl adjacent to an activating group) is 1. The Bertz CT molecular complexity index is 328. The fraction of sp³-hybridized carbons (Fsp3) is 0.300. The maximum atomic E-state index is 11.4. The highest BCUT2D eigenvalue weighted by Gasteiger charge is 2.08. The topological polar surface area (TPSA) is 29.5 Å². The number of carbonyl (C=O) groups excluding carboxylic acids is 1. The zero-order valence-electron chi connectivity index (χ0n) is 8.16. The van der Waals surface area contributed by atoms with Gasteiger partial charge in [0.15, 0.2) is 0 Å². The van der Waals surface area contributed by atoms with Gasteiger partial charge in [-0.25, -0.2) is 5.06 Å². The van der Waals surface area contributed by atoms with Crippen molar-refractivity contribution in [3.8, 4) is 0 Å². The highest BCUT2D eigenvalue weighted by Crippen LogP contribution is 2.11. The summed E-state index contributed by atoms with van der Waals surface area (Å²) in [6, 6.07) is 7.21. The smallest absolute Gasteiger partial charge is 0.250 e. The van der Waals surface area contributed by atoms with E-state index in [4.69, 9.17) is 16.4 Å². The van der Waals surface area contributed by atoms with Crippen molar-refractivity contribution in [1.29, 1.82) is 0 Å². The van der Waals surface area contributed by atoms with Crippen LogP contribution in [-0.2, 0) is 16.1 Å². The average molecular weight is 214 g/mol. The van der Waals surface area contributed by atoms with Crippen LogP contribution in [0.1, 0.15) is 5.56 Å². The lowest BCUT2D eigenvalue weighted by molar-refractivity contribution is -0.167. The van der Waals surface area contributed by atoms with Crippen molar-refractivity contribution in [2.45, 2.75) is 6.42 Å². The zero-order chi connectivity index (χ0) is 10.6. The second-order valence-corrected chi connectivity index (χ2v) is 3.32. The van der Waals surface area contributed by atoms with Crippen molar-refractivity contribution >= 4 is 17.5 Å². The van der Waals surface area contributed by atoms with Gasteiger partial charge in [-0.3, -0.25) is 9.63 Å². The number of rotatable bonds is 3. The molecule has 0 aliphatic heterocycles. The molecule has 0 saturated heterocycles. The van der Waals surface area contributed by atoms with Crippen molar-refractivity contribution in [3.05, 3.63) is 34.9 Å². The van der Waals surface area contributed by atoms with E-state index in [0.29, 0.717) is 11.4 Å². The molecule has 0 saturated carbocycles. The highest BCUT2D eigenvalue weighted by molar-refractivity contribution is 6.30. The summed E-state index contributed by atoms with van der Waals surface area (Å²) in [6.07, 6.45) is 0.297. The van der Waals surface area contributed by atoms with E-state index in [0.717, 1.165) is 5.56 Å². The maximum absolute atomic E-state index is 11.4. The Morgan fingerprint density at radius 2 is 2.29 bits per heavy atom. The number of nitrogens with zero attached hydrogens (tertiary/aromatic N) is 1. The Morgan fingerprint density at radius 3 is 2.86 bits per heavy atom. The number of amides is 1. The number of hydroxylamine groups is 2. The van der Waals surface area contributed by atoms with Gasteiger partial charge in [0.1, 0.15) is 0 Å². The predicted molar refractivity (Wildman–Crippen MR) is 54.9 cm³/mol. The summed E-state index contributed by atoms with van der Waals surface area (Å²) in [5, 5.41) is 1.83. The largest absolute Gasteiger partial charge is 0.275 e. The van der Waals surface area contributed by atoms with E-state index in [1.165, 1.54) is 12.2 Å². The lowest BCUT2D eigenvalue weighted by Gasteiger charge is -2.13. The normalized spacial score (nSPS) is 9.93. The second kappa shape index (κ2) is 4.98.